The van der Waals surface area contributed by atoms with Crippen molar-refractivity contribution in [1.82, 2.24) is 0 Å². The van der Waals surface area contributed by atoms with Crippen LogP contribution in [0.4, 0.5) is 4.39 Å². The van der Waals surface area contributed by atoms with Gasteiger partial charge in [-0.2, -0.15) is 0 Å². The molecule has 0 fully saturated rings. The number of hydrogen-bond acceptors (Lipinski definition) is 2. The molecule has 16 heavy (non-hydrogen) atoms. The van der Waals surface area contributed by atoms with E-state index < -0.39 is 10.8 Å². The Kier molecular flexibility index (Phi) is 5.32. The van der Waals surface area contributed by atoms with Crippen molar-refractivity contribution in [3.05, 3.63) is 30.1 Å². The van der Waals surface area contributed by atoms with E-state index in [9.17, 15) is 13.4 Å². The second-order valence-corrected chi connectivity index (χ2v) is 5.07. The Bertz CT molecular complexity index is 373. The van der Waals surface area contributed by atoms with Gasteiger partial charge in [0.15, 0.2) is 0 Å². The fraction of sp³-hybridized carbons (Fsp3) is 0.417. The molecule has 0 bridgehead atoms. The zero-order chi connectivity index (χ0) is 12.0. The summed E-state index contributed by atoms with van der Waals surface area (Å²) in [7, 11) is -1.13. The van der Waals surface area contributed by atoms with Gasteiger partial charge in [0.25, 0.3) is 0 Å². The topological polar surface area (TPSA) is 34.1 Å². The van der Waals surface area contributed by atoms with E-state index in [4.69, 9.17) is 0 Å². The molecule has 0 radical (unpaired) electrons. The third-order valence-electron chi connectivity index (χ3n) is 2.26. The Morgan fingerprint density at radius 2 is 1.94 bits per heavy atom. The summed E-state index contributed by atoms with van der Waals surface area (Å²) in [5.74, 6) is 0.315. The molecular formula is C12H15FO2S. The van der Waals surface area contributed by atoms with Crippen LogP contribution >= 0.6 is 0 Å². The molecule has 0 saturated heterocycles. The summed E-state index contributed by atoms with van der Waals surface area (Å²) in [4.78, 5) is 11.6. The van der Waals surface area contributed by atoms with Crippen molar-refractivity contribution >= 4 is 16.6 Å². The fourth-order valence-electron chi connectivity index (χ4n) is 1.28. The molecule has 0 heterocycles. The molecule has 0 saturated carbocycles. The highest BCUT2D eigenvalue weighted by atomic mass is 32.2. The number of Topliss-reactive ketones (excluding diaryl/α,β-unsaturated/α-hetero) is 1. The maximum absolute atomic E-state index is 12.6. The molecule has 0 aliphatic rings. The molecule has 0 aromatic heterocycles. The van der Waals surface area contributed by atoms with Gasteiger partial charge in [-0.15, -0.1) is 0 Å². The number of hydrogen-bond donors (Lipinski definition) is 0. The predicted octanol–water partition coefficient (Wildman–Crippen LogP) is 2.69. The maximum Gasteiger partial charge on any atom is 0.132 e. The molecule has 0 aliphatic carbocycles. The standard InChI is InChI=1S/C12H15FO2S/c1-2-11(14)4-3-9-16(15)12-7-5-10(13)6-8-12/h5-8H,2-4,9H2,1H3. The van der Waals surface area contributed by atoms with Crippen LogP contribution < -0.4 is 0 Å². The Hall–Kier alpha value is -1.03. The van der Waals surface area contributed by atoms with Gasteiger partial charge in [0.1, 0.15) is 11.6 Å². The quantitative estimate of drug-likeness (QED) is 0.768. The second-order valence-electron chi connectivity index (χ2n) is 3.50. The van der Waals surface area contributed by atoms with Crippen molar-refractivity contribution in [3.8, 4) is 0 Å². The Morgan fingerprint density at radius 3 is 2.50 bits per heavy atom. The van der Waals surface area contributed by atoms with Gasteiger partial charge < -0.3 is 0 Å². The van der Waals surface area contributed by atoms with Crippen molar-refractivity contribution in [3.63, 3.8) is 0 Å². The molecule has 1 rings (SSSR count). The van der Waals surface area contributed by atoms with E-state index in [0.29, 0.717) is 29.9 Å². The van der Waals surface area contributed by atoms with Crippen LogP contribution in [0.3, 0.4) is 0 Å². The van der Waals surface area contributed by atoms with Crippen LogP contribution in [0.1, 0.15) is 26.2 Å². The van der Waals surface area contributed by atoms with Crippen LogP contribution in [-0.2, 0) is 15.6 Å². The second kappa shape index (κ2) is 6.53. The monoisotopic (exact) mass is 242 g/mol. The van der Waals surface area contributed by atoms with E-state index in [1.165, 1.54) is 24.3 Å². The fourth-order valence-corrected chi connectivity index (χ4v) is 2.36. The average Bonchev–Trinajstić information content (AvgIpc) is 2.29. The minimum absolute atomic E-state index is 0.191. The number of ketones is 1. The van der Waals surface area contributed by atoms with E-state index in [2.05, 4.69) is 0 Å². The van der Waals surface area contributed by atoms with Crippen molar-refractivity contribution in [2.24, 2.45) is 0 Å². The number of halogens is 1. The van der Waals surface area contributed by atoms with Gasteiger partial charge in [-0.25, -0.2) is 4.39 Å². The van der Waals surface area contributed by atoms with Crippen LogP contribution in [0.2, 0.25) is 0 Å². The molecule has 0 N–H and O–H groups in total. The highest BCUT2D eigenvalue weighted by Crippen LogP contribution is 2.09. The molecule has 1 aromatic rings. The minimum atomic E-state index is -1.13. The molecule has 1 unspecified atom stereocenters. The first kappa shape index (κ1) is 13.0. The van der Waals surface area contributed by atoms with E-state index in [-0.39, 0.29) is 11.6 Å². The van der Waals surface area contributed by atoms with Crippen molar-refractivity contribution in [2.75, 3.05) is 5.75 Å². The van der Waals surface area contributed by atoms with Crippen molar-refractivity contribution in [1.29, 1.82) is 0 Å². The third-order valence-corrected chi connectivity index (χ3v) is 3.71. The van der Waals surface area contributed by atoms with Gasteiger partial charge in [-0.3, -0.25) is 9.00 Å². The number of benzene rings is 1. The van der Waals surface area contributed by atoms with E-state index in [1.54, 1.807) is 0 Å². The summed E-state index contributed by atoms with van der Waals surface area (Å²) in [5.41, 5.74) is 0. The van der Waals surface area contributed by atoms with E-state index in [0.717, 1.165) is 0 Å². The Morgan fingerprint density at radius 1 is 1.31 bits per heavy atom. The van der Waals surface area contributed by atoms with Crippen molar-refractivity contribution < 1.29 is 13.4 Å². The highest BCUT2D eigenvalue weighted by molar-refractivity contribution is 7.85. The highest BCUT2D eigenvalue weighted by Gasteiger charge is 2.05. The molecule has 0 aliphatic heterocycles. The molecular weight excluding hydrogens is 227 g/mol. The van der Waals surface area contributed by atoms with Gasteiger partial charge in [-0.1, -0.05) is 6.92 Å². The van der Waals surface area contributed by atoms with Gasteiger partial charge in [0.05, 0.1) is 10.8 Å². The lowest BCUT2D eigenvalue weighted by molar-refractivity contribution is -0.118. The van der Waals surface area contributed by atoms with Gasteiger partial charge in [0.2, 0.25) is 0 Å². The zero-order valence-corrected chi connectivity index (χ0v) is 10.1. The number of rotatable bonds is 6. The first-order valence-electron chi connectivity index (χ1n) is 5.29. The van der Waals surface area contributed by atoms with Gasteiger partial charge in [0, 0.05) is 23.5 Å². The smallest absolute Gasteiger partial charge is 0.132 e. The minimum Gasteiger partial charge on any atom is -0.300 e. The largest absolute Gasteiger partial charge is 0.300 e. The lowest BCUT2D eigenvalue weighted by Crippen LogP contribution is -2.02. The average molecular weight is 242 g/mol. The van der Waals surface area contributed by atoms with Gasteiger partial charge >= 0.3 is 0 Å². The predicted molar refractivity (Wildman–Crippen MR) is 62.2 cm³/mol. The maximum atomic E-state index is 12.6. The first-order valence-corrected chi connectivity index (χ1v) is 6.61. The SMILES string of the molecule is CCC(=O)CCCS(=O)c1ccc(F)cc1. The number of carbonyl (C=O) groups excluding carboxylic acids is 1. The molecule has 2 nitrogen and oxygen atoms in total. The Labute approximate surface area is 97.3 Å². The lowest BCUT2D eigenvalue weighted by atomic mass is 10.2. The van der Waals surface area contributed by atoms with Crippen LogP contribution in [0.25, 0.3) is 0 Å². The van der Waals surface area contributed by atoms with Crippen LogP contribution in [0.5, 0.6) is 0 Å². The molecule has 1 aromatic carbocycles. The summed E-state index contributed by atoms with van der Waals surface area (Å²) < 4.78 is 24.3. The van der Waals surface area contributed by atoms with Crippen LogP contribution in [0, 0.1) is 5.82 Å². The zero-order valence-electron chi connectivity index (χ0n) is 9.24. The van der Waals surface area contributed by atoms with Crippen LogP contribution in [-0.4, -0.2) is 15.7 Å². The summed E-state index contributed by atoms with van der Waals surface area (Å²) in [6.07, 6.45) is 1.63. The van der Waals surface area contributed by atoms with E-state index >= 15 is 0 Å². The van der Waals surface area contributed by atoms with E-state index in [1.807, 2.05) is 6.92 Å². The lowest BCUT2D eigenvalue weighted by Gasteiger charge is -2.01. The number of carbonyl (C=O) groups is 1. The molecule has 1 atom stereocenters. The summed E-state index contributed by atoms with van der Waals surface area (Å²) >= 11 is 0. The first-order chi connectivity index (χ1) is 7.63. The molecule has 4 heteroatoms. The van der Waals surface area contributed by atoms with Crippen LogP contribution in [0.15, 0.2) is 29.2 Å². The summed E-state index contributed by atoms with van der Waals surface area (Å²) in [6, 6.07) is 5.63. The summed E-state index contributed by atoms with van der Waals surface area (Å²) in [5, 5.41) is 0. The van der Waals surface area contributed by atoms with Crippen molar-refractivity contribution in [2.45, 2.75) is 31.1 Å². The molecule has 0 amide bonds. The van der Waals surface area contributed by atoms with Gasteiger partial charge in [-0.05, 0) is 30.7 Å². The summed E-state index contributed by atoms with van der Waals surface area (Å²) in [6.45, 7) is 1.82. The Balaban J connectivity index is 2.41. The normalized spacial score (nSPS) is 12.4. The third kappa shape index (κ3) is 4.23. The molecule has 0 spiro atoms. The molecule has 88 valence electrons.